The van der Waals surface area contributed by atoms with Gasteiger partial charge in [-0.15, -0.1) is 11.3 Å². The number of imide groups is 1. The number of nitrogens with one attached hydrogen (secondary N) is 1. The highest BCUT2D eigenvalue weighted by atomic mass is 32.1. The van der Waals surface area contributed by atoms with E-state index in [4.69, 9.17) is 0 Å². The van der Waals surface area contributed by atoms with Crippen molar-refractivity contribution < 1.29 is 19.5 Å². The smallest absolute Gasteiger partial charge is 0.315 e. The van der Waals surface area contributed by atoms with Gasteiger partial charge in [-0.1, -0.05) is 0 Å². The fourth-order valence-corrected chi connectivity index (χ4v) is 3.01. The lowest BCUT2D eigenvalue weighted by Crippen LogP contribution is -2.64. The lowest BCUT2D eigenvalue weighted by molar-refractivity contribution is -0.142. The van der Waals surface area contributed by atoms with Crippen LogP contribution in [-0.4, -0.2) is 40.0 Å². The van der Waals surface area contributed by atoms with E-state index >= 15 is 0 Å². The van der Waals surface area contributed by atoms with Crippen LogP contribution in [-0.2, 0) is 19.8 Å². The first kappa shape index (κ1) is 15.4. The molecule has 0 spiro atoms. The molecule has 114 valence electrons. The van der Waals surface area contributed by atoms with Gasteiger partial charge in [0.25, 0.3) is 5.91 Å². The molecular formula is C13H17N3O4S. The Labute approximate surface area is 126 Å². The Morgan fingerprint density at radius 3 is 2.67 bits per heavy atom. The van der Waals surface area contributed by atoms with Crippen molar-refractivity contribution in [3.8, 4) is 0 Å². The molecule has 1 fully saturated rings. The number of aromatic nitrogens is 1. The van der Waals surface area contributed by atoms with Crippen molar-refractivity contribution in [2.45, 2.75) is 38.6 Å². The van der Waals surface area contributed by atoms with Crippen molar-refractivity contribution in [1.82, 2.24) is 10.3 Å². The molecule has 0 atom stereocenters. The normalized spacial score (nSPS) is 18.6. The number of amides is 2. The van der Waals surface area contributed by atoms with Crippen molar-refractivity contribution in [2.75, 3.05) is 11.4 Å². The number of carboxylic acids is 1. The number of carbonyl (C=O) groups is 3. The molecule has 0 radical (unpaired) electrons. The second-order valence-electron chi connectivity index (χ2n) is 5.97. The Morgan fingerprint density at radius 1 is 1.48 bits per heavy atom. The van der Waals surface area contributed by atoms with Crippen LogP contribution in [0.1, 0.15) is 33.4 Å². The minimum absolute atomic E-state index is 0.0131. The van der Waals surface area contributed by atoms with Crippen molar-refractivity contribution in [3.63, 3.8) is 0 Å². The molecule has 2 rings (SSSR count). The minimum atomic E-state index is -1.12. The lowest BCUT2D eigenvalue weighted by atomic mass is 9.90. The van der Waals surface area contributed by atoms with E-state index in [9.17, 15) is 19.5 Å². The second kappa shape index (κ2) is 4.80. The average molecular weight is 311 g/mol. The summed E-state index contributed by atoms with van der Waals surface area (Å²) < 4.78 is 0. The van der Waals surface area contributed by atoms with Crippen LogP contribution < -0.4 is 10.2 Å². The molecule has 7 nitrogen and oxygen atoms in total. The van der Waals surface area contributed by atoms with Gasteiger partial charge in [0.15, 0.2) is 5.13 Å². The van der Waals surface area contributed by atoms with Crippen LogP contribution in [0.5, 0.6) is 0 Å². The van der Waals surface area contributed by atoms with Gasteiger partial charge in [0.2, 0.25) is 5.91 Å². The highest BCUT2D eigenvalue weighted by Gasteiger charge is 2.43. The summed E-state index contributed by atoms with van der Waals surface area (Å²) in [5, 5.41) is 13.6. The largest absolute Gasteiger partial charge is 0.481 e. The fourth-order valence-electron chi connectivity index (χ4n) is 1.87. The lowest BCUT2D eigenvalue weighted by Gasteiger charge is -2.39. The number of carboxylic acid groups (broad SMARTS) is 1. The van der Waals surface area contributed by atoms with Crippen LogP contribution in [0.15, 0.2) is 5.38 Å². The third-order valence-electron chi connectivity index (χ3n) is 3.68. The quantitative estimate of drug-likeness (QED) is 0.799. The van der Waals surface area contributed by atoms with Gasteiger partial charge in [0.05, 0.1) is 5.69 Å². The predicted molar refractivity (Wildman–Crippen MR) is 77.4 cm³/mol. The minimum Gasteiger partial charge on any atom is -0.481 e. The third-order valence-corrected chi connectivity index (χ3v) is 4.55. The standard InChI is InChI=1S/C13H17N3O4S/c1-12(2,10(19)20)7-6-21-11(14-7)16-5-8(17)15-9(18)13(16,3)4/h6H,5H2,1-4H3,(H,19,20)(H,15,17,18). The van der Waals surface area contributed by atoms with E-state index in [-0.39, 0.29) is 6.54 Å². The average Bonchev–Trinajstić information content (AvgIpc) is 2.83. The first-order valence-corrected chi connectivity index (χ1v) is 7.26. The third kappa shape index (κ3) is 2.51. The van der Waals surface area contributed by atoms with E-state index in [2.05, 4.69) is 10.3 Å². The molecule has 1 aromatic rings. The molecule has 0 aromatic carbocycles. The van der Waals surface area contributed by atoms with Crippen molar-refractivity contribution >= 4 is 34.3 Å². The molecular weight excluding hydrogens is 294 g/mol. The number of carbonyl (C=O) groups excluding carboxylic acids is 2. The summed E-state index contributed by atoms with van der Waals surface area (Å²) in [6.45, 7) is 6.52. The number of hydrogen-bond donors (Lipinski definition) is 2. The Balaban J connectivity index is 2.39. The van der Waals surface area contributed by atoms with E-state index in [1.165, 1.54) is 11.3 Å². The number of aliphatic carboxylic acids is 1. The zero-order chi connectivity index (χ0) is 16.0. The van der Waals surface area contributed by atoms with E-state index in [1.54, 1.807) is 38.0 Å². The fraction of sp³-hybridized carbons (Fsp3) is 0.538. The first-order valence-electron chi connectivity index (χ1n) is 6.38. The highest BCUT2D eigenvalue weighted by molar-refractivity contribution is 7.13. The van der Waals surface area contributed by atoms with Crippen molar-refractivity contribution in [3.05, 3.63) is 11.1 Å². The maximum absolute atomic E-state index is 11.9. The molecule has 1 aliphatic heterocycles. The summed E-state index contributed by atoms with van der Waals surface area (Å²) in [4.78, 5) is 40.7. The van der Waals surface area contributed by atoms with Gasteiger partial charge in [-0.25, -0.2) is 4.98 Å². The van der Waals surface area contributed by atoms with Gasteiger partial charge in [0, 0.05) is 5.38 Å². The van der Waals surface area contributed by atoms with Crippen LogP contribution in [0, 0.1) is 0 Å². The summed E-state index contributed by atoms with van der Waals surface area (Å²) in [6, 6.07) is 0. The van der Waals surface area contributed by atoms with E-state index in [1.807, 2.05) is 0 Å². The van der Waals surface area contributed by atoms with E-state index in [0.717, 1.165) is 0 Å². The summed E-state index contributed by atoms with van der Waals surface area (Å²) in [5.74, 6) is -1.77. The van der Waals surface area contributed by atoms with Crippen molar-refractivity contribution in [2.24, 2.45) is 0 Å². The maximum Gasteiger partial charge on any atom is 0.315 e. The number of piperazine rings is 1. The Bertz CT molecular complexity index is 621. The van der Waals surface area contributed by atoms with Gasteiger partial charge in [0.1, 0.15) is 17.5 Å². The Morgan fingerprint density at radius 2 is 2.10 bits per heavy atom. The molecule has 21 heavy (non-hydrogen) atoms. The zero-order valence-corrected chi connectivity index (χ0v) is 13.1. The molecule has 2 heterocycles. The number of rotatable bonds is 3. The van der Waals surface area contributed by atoms with Crippen LogP contribution in [0.4, 0.5) is 5.13 Å². The van der Waals surface area contributed by atoms with Crippen molar-refractivity contribution in [1.29, 1.82) is 0 Å². The molecule has 0 aliphatic carbocycles. The van der Waals surface area contributed by atoms with Gasteiger partial charge in [-0.05, 0) is 27.7 Å². The number of nitrogens with zero attached hydrogens (tertiary/aromatic N) is 2. The van der Waals surface area contributed by atoms with E-state index < -0.39 is 28.7 Å². The molecule has 8 heteroatoms. The Kier molecular flexibility index (Phi) is 3.53. The number of hydrogen-bond acceptors (Lipinski definition) is 6. The molecule has 1 aliphatic rings. The number of thiazole rings is 1. The summed E-state index contributed by atoms with van der Waals surface area (Å²) >= 11 is 1.23. The van der Waals surface area contributed by atoms with Gasteiger partial charge in [-0.2, -0.15) is 0 Å². The monoisotopic (exact) mass is 311 g/mol. The molecule has 1 saturated heterocycles. The SMILES string of the molecule is CC(C)(C(=O)O)c1csc(N2CC(=O)NC(=O)C2(C)C)n1. The van der Waals surface area contributed by atoms with Crippen LogP contribution >= 0.6 is 11.3 Å². The molecule has 1 aromatic heterocycles. The highest BCUT2D eigenvalue weighted by Crippen LogP contribution is 2.33. The maximum atomic E-state index is 11.9. The molecule has 0 saturated carbocycles. The van der Waals surface area contributed by atoms with Crippen LogP contribution in [0.2, 0.25) is 0 Å². The molecule has 0 unspecified atom stereocenters. The van der Waals surface area contributed by atoms with Crippen LogP contribution in [0.3, 0.4) is 0 Å². The molecule has 2 N–H and O–H groups in total. The number of anilines is 1. The predicted octanol–water partition coefficient (Wildman–Crippen LogP) is 0.747. The molecule has 0 bridgehead atoms. The topological polar surface area (TPSA) is 99.6 Å². The molecule has 2 amide bonds. The summed E-state index contributed by atoms with van der Waals surface area (Å²) in [5.41, 5.74) is -1.64. The van der Waals surface area contributed by atoms with Crippen LogP contribution in [0.25, 0.3) is 0 Å². The summed E-state index contributed by atoms with van der Waals surface area (Å²) in [7, 11) is 0. The summed E-state index contributed by atoms with van der Waals surface area (Å²) in [6.07, 6.45) is 0. The van der Waals surface area contributed by atoms with E-state index in [0.29, 0.717) is 10.8 Å². The van der Waals surface area contributed by atoms with Gasteiger partial charge >= 0.3 is 5.97 Å². The zero-order valence-electron chi connectivity index (χ0n) is 12.3. The second-order valence-corrected chi connectivity index (χ2v) is 6.80. The Hall–Kier alpha value is -1.96. The van der Waals surface area contributed by atoms with Gasteiger partial charge < -0.3 is 10.0 Å². The first-order chi connectivity index (χ1) is 9.56. The van der Waals surface area contributed by atoms with Gasteiger partial charge in [-0.3, -0.25) is 19.7 Å².